The van der Waals surface area contributed by atoms with Gasteiger partial charge >= 0.3 is 6.03 Å². The molecule has 3 fully saturated rings. The van der Waals surface area contributed by atoms with Crippen molar-refractivity contribution in [2.24, 2.45) is 5.92 Å². The van der Waals surface area contributed by atoms with Gasteiger partial charge in [-0.15, -0.1) is 0 Å². The number of rotatable bonds is 5. The number of ether oxygens (including phenoxy) is 2. The lowest BCUT2D eigenvalue weighted by Gasteiger charge is -2.37. The molecular weight excluding hydrogens is 370 g/mol. The van der Waals surface area contributed by atoms with Gasteiger partial charge in [0.25, 0.3) is 5.91 Å². The average molecular weight is 402 g/mol. The Balaban J connectivity index is 1.56. The second-order valence-corrected chi connectivity index (χ2v) is 8.50. The molecule has 4 rings (SSSR count). The standard InChI is InChI=1S/C22H31N3O4/c1-15-7-4-5-11-22(15)20(26)25(21(27)23-22)14-24-12-6-8-18(24)17-13-16(28-2)9-10-19(17)29-3/h9-10,13,15,18H,4-8,11-12,14H2,1-3H3,(H,23,27)/t15-,18+,22-/m0/s1. The predicted octanol–water partition coefficient (Wildman–Crippen LogP) is 3.30. The van der Waals surface area contributed by atoms with Gasteiger partial charge in [-0.2, -0.15) is 0 Å². The zero-order valence-corrected chi connectivity index (χ0v) is 17.6. The number of likely N-dealkylation sites (tertiary alicyclic amines) is 1. The second kappa shape index (κ2) is 7.86. The summed E-state index contributed by atoms with van der Waals surface area (Å²) in [5, 5.41) is 3.05. The minimum absolute atomic E-state index is 0.0574. The molecule has 3 aliphatic rings. The molecule has 158 valence electrons. The molecule has 29 heavy (non-hydrogen) atoms. The Kier molecular flexibility index (Phi) is 5.42. The first-order chi connectivity index (χ1) is 14.0. The van der Waals surface area contributed by atoms with Crippen LogP contribution in [0.25, 0.3) is 0 Å². The fourth-order valence-electron chi connectivity index (χ4n) is 5.25. The van der Waals surface area contributed by atoms with E-state index >= 15 is 0 Å². The topological polar surface area (TPSA) is 71.1 Å². The lowest BCUT2D eigenvalue weighted by molar-refractivity contribution is -0.135. The number of benzene rings is 1. The molecule has 2 aliphatic heterocycles. The number of nitrogens with one attached hydrogen (secondary N) is 1. The summed E-state index contributed by atoms with van der Waals surface area (Å²) in [6, 6.07) is 5.62. The second-order valence-electron chi connectivity index (χ2n) is 8.50. The third kappa shape index (κ3) is 3.35. The van der Waals surface area contributed by atoms with Crippen molar-refractivity contribution in [3.63, 3.8) is 0 Å². The number of nitrogens with zero attached hydrogens (tertiary/aromatic N) is 2. The number of hydrogen-bond donors (Lipinski definition) is 1. The molecule has 2 heterocycles. The van der Waals surface area contributed by atoms with Crippen molar-refractivity contribution >= 4 is 11.9 Å². The molecule has 1 saturated carbocycles. The van der Waals surface area contributed by atoms with Gasteiger partial charge in [0, 0.05) is 18.2 Å². The third-order valence-corrected chi connectivity index (χ3v) is 6.98. The molecule has 0 bridgehead atoms. The summed E-state index contributed by atoms with van der Waals surface area (Å²) in [7, 11) is 3.31. The smallest absolute Gasteiger partial charge is 0.326 e. The van der Waals surface area contributed by atoms with Gasteiger partial charge in [-0.05, 0) is 49.8 Å². The lowest BCUT2D eigenvalue weighted by atomic mass is 9.73. The van der Waals surface area contributed by atoms with E-state index in [2.05, 4.69) is 17.1 Å². The minimum atomic E-state index is -0.710. The summed E-state index contributed by atoms with van der Waals surface area (Å²) < 4.78 is 11.0. The van der Waals surface area contributed by atoms with Gasteiger partial charge in [-0.25, -0.2) is 9.69 Å². The minimum Gasteiger partial charge on any atom is -0.497 e. The quantitative estimate of drug-likeness (QED) is 0.767. The number of imide groups is 1. The molecule has 3 atom stereocenters. The molecule has 2 saturated heterocycles. The van der Waals surface area contributed by atoms with Gasteiger partial charge in [0.1, 0.15) is 17.0 Å². The molecular formula is C22H31N3O4. The maximum Gasteiger partial charge on any atom is 0.326 e. The molecule has 0 radical (unpaired) electrons. The number of amides is 3. The van der Waals surface area contributed by atoms with Crippen molar-refractivity contribution in [1.82, 2.24) is 15.1 Å². The monoisotopic (exact) mass is 401 g/mol. The van der Waals surface area contributed by atoms with Crippen molar-refractivity contribution in [2.75, 3.05) is 27.4 Å². The van der Waals surface area contributed by atoms with Crippen molar-refractivity contribution in [3.8, 4) is 11.5 Å². The van der Waals surface area contributed by atoms with E-state index in [0.717, 1.165) is 62.1 Å². The molecule has 1 aromatic carbocycles. The van der Waals surface area contributed by atoms with Gasteiger partial charge in [0.05, 0.1) is 20.9 Å². The van der Waals surface area contributed by atoms with Crippen LogP contribution in [0.2, 0.25) is 0 Å². The van der Waals surface area contributed by atoms with Crippen LogP contribution in [0.1, 0.15) is 57.1 Å². The molecule has 1 spiro atoms. The zero-order chi connectivity index (χ0) is 20.6. The maximum atomic E-state index is 13.3. The Morgan fingerprint density at radius 2 is 1.97 bits per heavy atom. The van der Waals surface area contributed by atoms with Crippen LogP contribution in [0.5, 0.6) is 11.5 Å². The molecule has 1 aliphatic carbocycles. The highest BCUT2D eigenvalue weighted by atomic mass is 16.5. The predicted molar refractivity (Wildman–Crippen MR) is 109 cm³/mol. The molecule has 7 nitrogen and oxygen atoms in total. The van der Waals surface area contributed by atoms with Crippen LogP contribution in [0.15, 0.2) is 18.2 Å². The van der Waals surface area contributed by atoms with Crippen LogP contribution in [0, 0.1) is 5.92 Å². The summed E-state index contributed by atoms with van der Waals surface area (Å²) >= 11 is 0. The summed E-state index contributed by atoms with van der Waals surface area (Å²) in [4.78, 5) is 29.7. The molecule has 1 aromatic rings. The summed E-state index contributed by atoms with van der Waals surface area (Å²) in [5.74, 6) is 1.69. The molecule has 0 unspecified atom stereocenters. The molecule has 1 N–H and O–H groups in total. The third-order valence-electron chi connectivity index (χ3n) is 6.98. The van der Waals surface area contributed by atoms with Crippen LogP contribution in [-0.4, -0.2) is 54.7 Å². The molecule has 3 amide bonds. The normalized spacial score (nSPS) is 30.1. The number of carbonyl (C=O) groups is 2. The van der Waals surface area contributed by atoms with E-state index in [1.165, 1.54) is 4.90 Å². The Bertz CT molecular complexity index is 798. The van der Waals surface area contributed by atoms with E-state index in [1.54, 1.807) is 14.2 Å². The number of methoxy groups -OCH3 is 2. The van der Waals surface area contributed by atoms with Crippen LogP contribution in [0.3, 0.4) is 0 Å². The van der Waals surface area contributed by atoms with Crippen molar-refractivity contribution in [1.29, 1.82) is 0 Å². The first-order valence-corrected chi connectivity index (χ1v) is 10.6. The highest BCUT2D eigenvalue weighted by Crippen LogP contribution is 2.41. The SMILES string of the molecule is COc1ccc(OC)c([C@H]2CCCN2CN2C(=O)N[C@]3(CCCC[C@@H]3C)C2=O)c1. The van der Waals surface area contributed by atoms with E-state index in [0.29, 0.717) is 6.67 Å². The van der Waals surface area contributed by atoms with Gasteiger partial charge in [-0.1, -0.05) is 19.8 Å². The van der Waals surface area contributed by atoms with Crippen LogP contribution in [-0.2, 0) is 4.79 Å². The van der Waals surface area contributed by atoms with E-state index in [1.807, 2.05) is 18.2 Å². The average Bonchev–Trinajstić information content (AvgIpc) is 3.29. The first-order valence-electron chi connectivity index (χ1n) is 10.6. The number of hydrogen-bond acceptors (Lipinski definition) is 5. The Labute approximate surface area is 172 Å². The molecule has 7 heteroatoms. The Morgan fingerprint density at radius 3 is 2.69 bits per heavy atom. The largest absolute Gasteiger partial charge is 0.497 e. The van der Waals surface area contributed by atoms with Crippen molar-refractivity contribution in [3.05, 3.63) is 23.8 Å². The summed E-state index contributed by atoms with van der Waals surface area (Å²) in [5.41, 5.74) is 0.329. The zero-order valence-electron chi connectivity index (χ0n) is 17.6. The van der Waals surface area contributed by atoms with Gasteiger partial charge in [-0.3, -0.25) is 9.69 Å². The van der Waals surface area contributed by atoms with Crippen LogP contribution in [0.4, 0.5) is 4.79 Å². The van der Waals surface area contributed by atoms with Crippen LogP contribution >= 0.6 is 0 Å². The van der Waals surface area contributed by atoms with Crippen molar-refractivity contribution < 1.29 is 19.1 Å². The maximum absolute atomic E-state index is 13.3. The number of carbonyl (C=O) groups excluding carboxylic acids is 2. The van der Waals surface area contributed by atoms with E-state index in [9.17, 15) is 9.59 Å². The molecule has 0 aromatic heterocycles. The first kappa shape index (κ1) is 20.0. The summed E-state index contributed by atoms with van der Waals surface area (Å²) in [6.07, 6.45) is 5.79. The number of urea groups is 1. The Morgan fingerprint density at radius 1 is 1.14 bits per heavy atom. The van der Waals surface area contributed by atoms with Gasteiger partial charge in [0.2, 0.25) is 0 Å². The fourth-order valence-corrected chi connectivity index (χ4v) is 5.25. The van der Waals surface area contributed by atoms with E-state index < -0.39 is 5.54 Å². The lowest BCUT2D eigenvalue weighted by Crippen LogP contribution is -2.54. The van der Waals surface area contributed by atoms with Crippen LogP contribution < -0.4 is 14.8 Å². The summed E-state index contributed by atoms with van der Waals surface area (Å²) in [6.45, 7) is 3.23. The Hall–Kier alpha value is -2.28. The van der Waals surface area contributed by atoms with E-state index in [4.69, 9.17) is 9.47 Å². The van der Waals surface area contributed by atoms with E-state index in [-0.39, 0.29) is 23.9 Å². The van der Waals surface area contributed by atoms with Gasteiger partial charge < -0.3 is 14.8 Å². The fraction of sp³-hybridized carbons (Fsp3) is 0.636. The van der Waals surface area contributed by atoms with Gasteiger partial charge in [0.15, 0.2) is 0 Å². The van der Waals surface area contributed by atoms with Crippen molar-refractivity contribution in [2.45, 2.75) is 57.0 Å². The highest BCUT2D eigenvalue weighted by Gasteiger charge is 2.55. The highest BCUT2D eigenvalue weighted by molar-refractivity contribution is 6.07.